The van der Waals surface area contributed by atoms with Gasteiger partial charge in [-0.2, -0.15) is 0 Å². The molecule has 1 aliphatic rings. The molecule has 1 amide bonds. The molecule has 1 aromatic heterocycles. The Hall–Kier alpha value is -1.76. The summed E-state index contributed by atoms with van der Waals surface area (Å²) in [5, 5.41) is 3.94. The van der Waals surface area contributed by atoms with Crippen LogP contribution in [0.25, 0.3) is 0 Å². The molecule has 168 valence electrons. The highest BCUT2D eigenvalue weighted by Crippen LogP contribution is 2.39. The van der Waals surface area contributed by atoms with Crippen LogP contribution in [0.4, 0.5) is 5.00 Å². The van der Waals surface area contributed by atoms with E-state index in [4.69, 9.17) is 32.7 Å². The maximum atomic E-state index is 12.9. The van der Waals surface area contributed by atoms with Gasteiger partial charge in [0.1, 0.15) is 5.00 Å². The number of thiophene rings is 1. The van der Waals surface area contributed by atoms with Crippen molar-refractivity contribution in [3.05, 3.63) is 43.7 Å². The zero-order chi connectivity index (χ0) is 22.4. The first-order valence-electron chi connectivity index (χ1n) is 10.6. The number of fused-ring (bicyclic) bond motifs is 1. The molecule has 0 unspecified atom stereocenters. The van der Waals surface area contributed by atoms with Crippen molar-refractivity contribution >= 4 is 51.4 Å². The molecule has 1 aromatic carbocycles. The van der Waals surface area contributed by atoms with Gasteiger partial charge in [0.15, 0.2) is 5.75 Å². The predicted octanol–water partition coefficient (Wildman–Crippen LogP) is 6.93. The van der Waals surface area contributed by atoms with Crippen LogP contribution in [0.5, 0.6) is 5.75 Å². The maximum Gasteiger partial charge on any atom is 0.341 e. The van der Waals surface area contributed by atoms with Crippen molar-refractivity contribution in [2.24, 2.45) is 0 Å². The van der Waals surface area contributed by atoms with Gasteiger partial charge in [-0.15, -0.1) is 11.3 Å². The van der Waals surface area contributed by atoms with Crippen LogP contribution in [0.15, 0.2) is 12.1 Å². The number of aryl methyl sites for hydroxylation is 1. The van der Waals surface area contributed by atoms with Crippen LogP contribution in [0.1, 0.15) is 76.6 Å². The first kappa shape index (κ1) is 23.9. The summed E-state index contributed by atoms with van der Waals surface area (Å²) in [6.07, 6.45) is 8.12. The lowest BCUT2D eigenvalue weighted by Gasteiger charge is -2.13. The van der Waals surface area contributed by atoms with Crippen molar-refractivity contribution in [1.29, 1.82) is 0 Å². The molecule has 0 bridgehead atoms. The Morgan fingerprint density at radius 1 is 1.10 bits per heavy atom. The summed E-state index contributed by atoms with van der Waals surface area (Å²) >= 11 is 14.1. The minimum Gasteiger partial charge on any atom is -0.490 e. The number of anilines is 1. The van der Waals surface area contributed by atoms with Crippen LogP contribution >= 0.6 is 34.5 Å². The van der Waals surface area contributed by atoms with Gasteiger partial charge in [0.2, 0.25) is 0 Å². The minimum atomic E-state index is -0.433. The largest absolute Gasteiger partial charge is 0.490 e. The highest BCUT2D eigenvalue weighted by atomic mass is 35.5. The van der Waals surface area contributed by atoms with Crippen molar-refractivity contribution < 1.29 is 19.1 Å². The van der Waals surface area contributed by atoms with Gasteiger partial charge < -0.3 is 14.8 Å². The van der Waals surface area contributed by atoms with E-state index >= 15 is 0 Å². The van der Waals surface area contributed by atoms with Crippen molar-refractivity contribution in [1.82, 2.24) is 0 Å². The molecule has 0 saturated heterocycles. The van der Waals surface area contributed by atoms with E-state index in [2.05, 4.69) is 12.2 Å². The molecule has 1 N–H and O–H groups in total. The number of carbonyl (C=O) groups is 2. The number of ether oxygens (including phenoxy) is 2. The summed E-state index contributed by atoms with van der Waals surface area (Å²) in [6, 6.07) is 3.07. The summed E-state index contributed by atoms with van der Waals surface area (Å²) in [4.78, 5) is 26.4. The van der Waals surface area contributed by atoms with E-state index in [0.717, 1.165) is 61.8 Å². The molecule has 0 aliphatic heterocycles. The molecule has 31 heavy (non-hydrogen) atoms. The van der Waals surface area contributed by atoms with Crippen molar-refractivity contribution in [3.8, 4) is 5.75 Å². The second-order valence-corrected chi connectivity index (χ2v) is 9.46. The SMILES string of the molecule is CCCCCCOc1c(Cl)cc(C(=O)Nc2sc3c(c2C(=O)OC)CCCC3)cc1Cl. The van der Waals surface area contributed by atoms with E-state index in [1.807, 2.05) is 0 Å². The Morgan fingerprint density at radius 2 is 1.81 bits per heavy atom. The number of halogens is 2. The van der Waals surface area contributed by atoms with E-state index in [1.54, 1.807) is 0 Å². The van der Waals surface area contributed by atoms with Crippen LogP contribution in [-0.4, -0.2) is 25.6 Å². The smallest absolute Gasteiger partial charge is 0.341 e. The second kappa shape index (κ2) is 11.2. The van der Waals surface area contributed by atoms with E-state index in [0.29, 0.717) is 28.5 Å². The topological polar surface area (TPSA) is 64.6 Å². The monoisotopic (exact) mass is 483 g/mol. The third-order valence-electron chi connectivity index (χ3n) is 5.29. The van der Waals surface area contributed by atoms with Gasteiger partial charge in [0.25, 0.3) is 5.91 Å². The van der Waals surface area contributed by atoms with Gasteiger partial charge in [-0.1, -0.05) is 49.4 Å². The lowest BCUT2D eigenvalue weighted by Crippen LogP contribution is -2.15. The average Bonchev–Trinajstić information content (AvgIpc) is 3.12. The Labute approximate surface area is 197 Å². The molecule has 1 aliphatic carbocycles. The number of rotatable bonds is 9. The molecule has 5 nitrogen and oxygen atoms in total. The second-order valence-electron chi connectivity index (χ2n) is 7.54. The first-order valence-corrected chi connectivity index (χ1v) is 12.2. The number of carbonyl (C=O) groups excluding carboxylic acids is 2. The standard InChI is InChI=1S/C23H27Cl2NO4S/c1-3-4-5-8-11-30-20-16(24)12-14(13-17(20)25)21(27)26-22-19(23(28)29-2)15-9-6-7-10-18(15)31-22/h12-13H,3-11H2,1-2H3,(H,26,27). The van der Waals surface area contributed by atoms with Crippen molar-refractivity contribution in [3.63, 3.8) is 0 Å². The van der Waals surface area contributed by atoms with E-state index in [9.17, 15) is 9.59 Å². The number of nitrogens with one attached hydrogen (secondary N) is 1. The van der Waals surface area contributed by atoms with E-state index in [-0.39, 0.29) is 16.0 Å². The van der Waals surface area contributed by atoms with Gasteiger partial charge >= 0.3 is 5.97 Å². The summed E-state index contributed by atoms with van der Waals surface area (Å²) in [7, 11) is 1.35. The van der Waals surface area contributed by atoms with Gasteiger partial charge in [-0.05, 0) is 49.8 Å². The zero-order valence-electron chi connectivity index (χ0n) is 17.8. The molecule has 0 saturated carbocycles. The molecule has 0 spiro atoms. The Morgan fingerprint density at radius 3 is 2.48 bits per heavy atom. The molecule has 2 aromatic rings. The van der Waals surface area contributed by atoms with Gasteiger partial charge in [-0.25, -0.2) is 4.79 Å². The summed E-state index contributed by atoms with van der Waals surface area (Å²) < 4.78 is 10.7. The fourth-order valence-electron chi connectivity index (χ4n) is 3.68. The Bertz CT molecular complexity index is 934. The molecule has 8 heteroatoms. The zero-order valence-corrected chi connectivity index (χ0v) is 20.1. The molecular formula is C23H27Cl2NO4S. The number of hydrogen-bond acceptors (Lipinski definition) is 5. The number of hydrogen-bond donors (Lipinski definition) is 1. The number of unbranched alkanes of at least 4 members (excludes halogenated alkanes) is 3. The fraction of sp³-hybridized carbons (Fsp3) is 0.478. The van der Waals surface area contributed by atoms with Crippen LogP contribution in [0, 0.1) is 0 Å². The summed E-state index contributed by atoms with van der Waals surface area (Å²) in [5.41, 5.74) is 1.75. The Balaban J connectivity index is 1.77. The Kier molecular flexibility index (Phi) is 8.64. The highest BCUT2D eigenvalue weighted by Gasteiger charge is 2.27. The quantitative estimate of drug-likeness (QED) is 0.310. The molecule has 0 atom stereocenters. The van der Waals surface area contributed by atoms with Gasteiger partial charge in [-0.3, -0.25) is 4.79 Å². The first-order chi connectivity index (χ1) is 15.0. The fourth-order valence-corrected chi connectivity index (χ4v) is 5.55. The van der Waals surface area contributed by atoms with Crippen LogP contribution in [-0.2, 0) is 17.6 Å². The number of methoxy groups -OCH3 is 1. The molecule has 1 heterocycles. The molecule has 0 fully saturated rings. The highest BCUT2D eigenvalue weighted by molar-refractivity contribution is 7.17. The third-order valence-corrected chi connectivity index (χ3v) is 7.06. The van der Waals surface area contributed by atoms with Crippen LogP contribution in [0.3, 0.4) is 0 Å². The maximum absolute atomic E-state index is 12.9. The normalized spacial score (nSPS) is 12.9. The van der Waals surface area contributed by atoms with Crippen molar-refractivity contribution in [2.45, 2.75) is 58.3 Å². The summed E-state index contributed by atoms with van der Waals surface area (Å²) in [6.45, 7) is 2.67. The molecule has 3 rings (SSSR count). The third kappa shape index (κ3) is 5.73. The minimum absolute atomic E-state index is 0.284. The lowest BCUT2D eigenvalue weighted by molar-refractivity contribution is 0.0601. The predicted molar refractivity (Wildman–Crippen MR) is 126 cm³/mol. The number of benzene rings is 1. The number of amides is 1. The molecule has 0 radical (unpaired) electrons. The number of esters is 1. The van der Waals surface area contributed by atoms with E-state index < -0.39 is 5.97 Å². The van der Waals surface area contributed by atoms with Gasteiger partial charge in [0.05, 0.1) is 29.3 Å². The molecular weight excluding hydrogens is 457 g/mol. The average molecular weight is 484 g/mol. The van der Waals surface area contributed by atoms with Crippen LogP contribution in [0.2, 0.25) is 10.0 Å². The summed E-state index contributed by atoms with van der Waals surface area (Å²) in [5.74, 6) is -0.433. The lowest BCUT2D eigenvalue weighted by atomic mass is 9.95. The van der Waals surface area contributed by atoms with Crippen molar-refractivity contribution in [2.75, 3.05) is 19.0 Å². The van der Waals surface area contributed by atoms with E-state index in [1.165, 1.54) is 30.6 Å². The van der Waals surface area contributed by atoms with Crippen LogP contribution < -0.4 is 10.1 Å². The van der Waals surface area contributed by atoms with Gasteiger partial charge in [0, 0.05) is 10.4 Å².